The van der Waals surface area contributed by atoms with Crippen LogP contribution in [0.25, 0.3) is 11.6 Å². The van der Waals surface area contributed by atoms with Crippen molar-refractivity contribution in [2.24, 2.45) is 0 Å². The zero-order valence-electron chi connectivity index (χ0n) is 17.8. The van der Waals surface area contributed by atoms with E-state index in [0.29, 0.717) is 12.4 Å². The maximum absolute atomic E-state index is 15.3. The van der Waals surface area contributed by atoms with Gasteiger partial charge >= 0.3 is 0 Å². The number of nitriles is 1. The number of hydrogen-bond donors (Lipinski definition) is 0. The second-order valence-corrected chi connectivity index (χ2v) is 7.95. The predicted octanol–water partition coefficient (Wildman–Crippen LogP) is 6.22. The Labute approximate surface area is 199 Å². The van der Waals surface area contributed by atoms with Gasteiger partial charge in [0.1, 0.15) is 11.4 Å². The third-order valence-corrected chi connectivity index (χ3v) is 5.47. The molecule has 0 saturated heterocycles. The van der Waals surface area contributed by atoms with E-state index in [1.807, 2.05) is 19.9 Å². The van der Waals surface area contributed by atoms with Gasteiger partial charge in [-0.05, 0) is 37.6 Å². The summed E-state index contributed by atoms with van der Waals surface area (Å²) in [6.45, 7) is 4.63. The molecule has 33 heavy (non-hydrogen) atoms. The van der Waals surface area contributed by atoms with E-state index in [9.17, 15) is 0 Å². The van der Waals surface area contributed by atoms with Crippen molar-refractivity contribution < 1.29 is 13.5 Å². The van der Waals surface area contributed by atoms with Gasteiger partial charge in [0.15, 0.2) is 11.6 Å². The molecule has 4 aromatic rings. The lowest BCUT2D eigenvalue weighted by Gasteiger charge is -2.12. The van der Waals surface area contributed by atoms with Crippen LogP contribution in [-0.4, -0.2) is 20.0 Å². The zero-order valence-corrected chi connectivity index (χ0v) is 19.3. The summed E-state index contributed by atoms with van der Waals surface area (Å²) in [6.07, 6.45) is 2.57. The van der Waals surface area contributed by atoms with Crippen molar-refractivity contribution in [3.05, 3.63) is 75.0 Å². The minimum atomic E-state index is -0.673. The van der Waals surface area contributed by atoms with E-state index in [2.05, 4.69) is 15.3 Å². The molecule has 0 aliphatic carbocycles. The van der Waals surface area contributed by atoms with Gasteiger partial charge in [-0.2, -0.15) is 10.4 Å². The van der Waals surface area contributed by atoms with Crippen LogP contribution in [-0.2, 0) is 19.4 Å². The lowest BCUT2D eigenvalue weighted by molar-refractivity contribution is 0.437. The smallest absolute Gasteiger partial charge is 0.266 e. The summed E-state index contributed by atoms with van der Waals surface area (Å²) in [6, 6.07) is 9.41. The van der Waals surface area contributed by atoms with Gasteiger partial charge < -0.3 is 9.15 Å². The maximum atomic E-state index is 15.3. The van der Waals surface area contributed by atoms with E-state index in [1.165, 1.54) is 30.3 Å². The van der Waals surface area contributed by atoms with E-state index in [1.54, 1.807) is 10.9 Å². The molecule has 0 fully saturated rings. The number of halogens is 3. The number of benzene rings is 2. The molecule has 0 N–H and O–H groups in total. The summed E-state index contributed by atoms with van der Waals surface area (Å²) in [5.41, 5.74) is 2.28. The minimum absolute atomic E-state index is 0.0348. The van der Waals surface area contributed by atoms with Crippen molar-refractivity contribution in [1.82, 2.24) is 20.0 Å². The van der Waals surface area contributed by atoms with Gasteiger partial charge in [0.2, 0.25) is 5.89 Å². The SMILES string of the molecule is CCc1cnn(CC)c1-c1nnc(Cc2ccc(Cl)c(Oc3cc(Cl)cc(C#N)c3)c2F)o1. The summed E-state index contributed by atoms with van der Waals surface area (Å²) in [4.78, 5) is 0. The molecule has 0 unspecified atom stereocenters. The molecule has 4 rings (SSSR count). The average Bonchev–Trinajstić information content (AvgIpc) is 3.44. The van der Waals surface area contributed by atoms with Gasteiger partial charge in [-0.15, -0.1) is 10.2 Å². The molecule has 10 heteroatoms. The number of hydrogen-bond acceptors (Lipinski definition) is 6. The molecule has 0 spiro atoms. The van der Waals surface area contributed by atoms with Crippen LogP contribution in [0.15, 0.2) is 40.9 Å². The Morgan fingerprint density at radius 3 is 2.70 bits per heavy atom. The molecule has 2 aromatic heterocycles. The zero-order chi connectivity index (χ0) is 23.5. The monoisotopic (exact) mass is 485 g/mol. The molecule has 0 radical (unpaired) electrons. The highest BCUT2D eigenvalue weighted by Crippen LogP contribution is 2.36. The van der Waals surface area contributed by atoms with Crippen molar-refractivity contribution >= 4 is 23.2 Å². The van der Waals surface area contributed by atoms with Gasteiger partial charge in [0, 0.05) is 22.7 Å². The number of aromatic nitrogens is 4. The second-order valence-electron chi connectivity index (χ2n) is 7.10. The first-order valence-corrected chi connectivity index (χ1v) is 10.9. The van der Waals surface area contributed by atoms with Crippen LogP contribution < -0.4 is 4.74 Å². The van der Waals surface area contributed by atoms with E-state index < -0.39 is 5.82 Å². The van der Waals surface area contributed by atoms with Gasteiger partial charge in [0.05, 0.1) is 29.3 Å². The Bertz CT molecular complexity index is 1340. The highest BCUT2D eigenvalue weighted by molar-refractivity contribution is 6.32. The van der Waals surface area contributed by atoms with E-state index in [0.717, 1.165) is 17.7 Å². The topological polar surface area (TPSA) is 89.8 Å². The summed E-state index contributed by atoms with van der Waals surface area (Å²) in [7, 11) is 0. The molecule has 168 valence electrons. The van der Waals surface area contributed by atoms with Crippen LogP contribution in [0.3, 0.4) is 0 Å². The Balaban J connectivity index is 1.63. The molecule has 2 aromatic carbocycles. The van der Waals surface area contributed by atoms with Crippen LogP contribution in [0, 0.1) is 17.1 Å². The van der Waals surface area contributed by atoms with E-state index >= 15 is 4.39 Å². The fraction of sp³-hybridized carbons (Fsp3) is 0.217. The number of ether oxygens (including phenoxy) is 1. The number of aryl methyl sites for hydroxylation is 2. The summed E-state index contributed by atoms with van der Waals surface area (Å²) in [5.74, 6) is -0.101. The van der Waals surface area contributed by atoms with Gasteiger partial charge in [-0.1, -0.05) is 36.2 Å². The highest BCUT2D eigenvalue weighted by Gasteiger charge is 2.21. The molecule has 0 amide bonds. The van der Waals surface area contributed by atoms with Crippen molar-refractivity contribution in [2.45, 2.75) is 33.2 Å². The van der Waals surface area contributed by atoms with Crippen molar-refractivity contribution in [2.75, 3.05) is 0 Å². The quantitative estimate of drug-likeness (QED) is 0.308. The van der Waals surface area contributed by atoms with Crippen molar-refractivity contribution in [3.63, 3.8) is 0 Å². The van der Waals surface area contributed by atoms with Crippen LogP contribution in [0.1, 0.15) is 36.4 Å². The average molecular weight is 486 g/mol. The van der Waals surface area contributed by atoms with Gasteiger partial charge in [-0.3, -0.25) is 4.68 Å². The Kier molecular flexibility index (Phi) is 6.63. The lowest BCUT2D eigenvalue weighted by Crippen LogP contribution is -2.00. The van der Waals surface area contributed by atoms with Crippen LogP contribution in [0.4, 0.5) is 4.39 Å². The Morgan fingerprint density at radius 2 is 1.97 bits per heavy atom. The standard InChI is InChI=1S/C23H18Cl2FN5O2/c1-3-14-12-28-31(4-2)21(14)23-30-29-19(33-23)9-15-5-6-18(25)22(20(15)26)32-17-8-13(11-27)7-16(24)10-17/h5-8,10,12H,3-4,9H2,1-2H3. The fourth-order valence-electron chi connectivity index (χ4n) is 3.36. The third kappa shape index (κ3) is 4.70. The first-order chi connectivity index (χ1) is 15.9. The van der Waals surface area contributed by atoms with E-state index in [-0.39, 0.29) is 45.0 Å². The molecule has 0 atom stereocenters. The van der Waals surface area contributed by atoms with Gasteiger partial charge in [-0.25, -0.2) is 4.39 Å². The molecule has 2 heterocycles. The Hall–Kier alpha value is -3.41. The second kappa shape index (κ2) is 9.61. The highest BCUT2D eigenvalue weighted by atomic mass is 35.5. The first kappa shape index (κ1) is 22.8. The summed E-state index contributed by atoms with van der Waals surface area (Å²) in [5, 5.41) is 22.0. The molecular weight excluding hydrogens is 468 g/mol. The predicted molar refractivity (Wildman–Crippen MR) is 121 cm³/mol. The van der Waals surface area contributed by atoms with Crippen molar-refractivity contribution in [1.29, 1.82) is 5.26 Å². The summed E-state index contributed by atoms with van der Waals surface area (Å²) < 4.78 is 28.6. The Morgan fingerprint density at radius 1 is 1.15 bits per heavy atom. The molecule has 0 saturated carbocycles. The normalized spacial score (nSPS) is 10.9. The van der Waals surface area contributed by atoms with Crippen molar-refractivity contribution in [3.8, 4) is 29.2 Å². The van der Waals surface area contributed by atoms with Gasteiger partial charge in [0.25, 0.3) is 5.89 Å². The molecule has 0 aliphatic rings. The number of rotatable bonds is 7. The van der Waals surface area contributed by atoms with Crippen LogP contribution >= 0.6 is 23.2 Å². The largest absolute Gasteiger partial charge is 0.453 e. The van der Waals surface area contributed by atoms with E-state index in [4.69, 9.17) is 37.6 Å². The number of nitrogens with zero attached hydrogens (tertiary/aromatic N) is 5. The summed E-state index contributed by atoms with van der Waals surface area (Å²) >= 11 is 12.2. The molecule has 0 aliphatic heterocycles. The van der Waals surface area contributed by atoms with Crippen LogP contribution in [0.2, 0.25) is 10.0 Å². The molecule has 7 nitrogen and oxygen atoms in total. The molecular formula is C23H18Cl2FN5O2. The molecule has 0 bridgehead atoms. The lowest BCUT2D eigenvalue weighted by atomic mass is 10.1. The fourth-order valence-corrected chi connectivity index (χ4v) is 3.77. The third-order valence-electron chi connectivity index (χ3n) is 4.96. The van der Waals surface area contributed by atoms with Crippen LogP contribution in [0.5, 0.6) is 11.5 Å². The first-order valence-electron chi connectivity index (χ1n) is 10.2. The maximum Gasteiger partial charge on any atom is 0.266 e. The minimum Gasteiger partial charge on any atom is -0.453 e.